The van der Waals surface area contributed by atoms with Crippen LogP contribution in [0.3, 0.4) is 0 Å². The second kappa shape index (κ2) is 8.75. The van der Waals surface area contributed by atoms with Crippen LogP contribution in [0.15, 0.2) is 23.3 Å². The first-order chi connectivity index (χ1) is 11.3. The van der Waals surface area contributed by atoms with E-state index in [0.29, 0.717) is 5.56 Å². The maximum Gasteiger partial charge on any atom is 0.491 e. The molecular formula is C13H14F3N5O3. The molecule has 0 fully saturated rings. The van der Waals surface area contributed by atoms with Crippen LogP contribution < -0.4 is 11.1 Å². The molecule has 3 N–H and O–H groups in total. The van der Waals surface area contributed by atoms with Crippen LogP contribution in [0.5, 0.6) is 0 Å². The van der Waals surface area contributed by atoms with Crippen molar-refractivity contribution in [1.82, 2.24) is 5.32 Å². The number of amides is 1. The Morgan fingerprint density at radius 2 is 2.04 bits per heavy atom. The molecule has 0 radical (unpaired) electrons. The van der Waals surface area contributed by atoms with Gasteiger partial charge >= 0.3 is 18.2 Å². The number of hydrogen-bond acceptors (Lipinski definition) is 5. The predicted octanol–water partition coefficient (Wildman–Crippen LogP) is 2.31. The molecule has 0 aliphatic heterocycles. The molecule has 0 heterocycles. The molecule has 1 amide bonds. The number of hydrogen-bond donors (Lipinski definition) is 2. The SMILES string of the molecule is [N-]=[N+]=NCc1cc(CCNC(=O)OC(=O)C(F)(F)F)ccc1CN. The zero-order valence-electron chi connectivity index (χ0n) is 12.3. The van der Waals surface area contributed by atoms with E-state index in [4.69, 9.17) is 11.3 Å². The Hall–Kier alpha value is -2.78. The summed E-state index contributed by atoms with van der Waals surface area (Å²) in [5.41, 5.74) is 16.1. The molecule has 130 valence electrons. The van der Waals surface area contributed by atoms with E-state index >= 15 is 0 Å². The van der Waals surface area contributed by atoms with Crippen LogP contribution in [0, 0.1) is 0 Å². The molecule has 1 aromatic carbocycles. The molecule has 0 atom stereocenters. The lowest BCUT2D eigenvalue weighted by atomic mass is 10.0. The van der Waals surface area contributed by atoms with E-state index in [2.05, 4.69) is 14.8 Å². The maximum atomic E-state index is 11.9. The fraction of sp³-hybridized carbons (Fsp3) is 0.385. The Morgan fingerprint density at radius 3 is 2.62 bits per heavy atom. The number of alkyl carbamates (subject to hydrolysis) is 1. The number of carbonyl (C=O) groups is 2. The van der Waals surface area contributed by atoms with Gasteiger partial charge in [-0.25, -0.2) is 9.59 Å². The highest BCUT2D eigenvalue weighted by molar-refractivity contribution is 5.87. The van der Waals surface area contributed by atoms with Crippen molar-refractivity contribution < 1.29 is 27.5 Å². The molecule has 24 heavy (non-hydrogen) atoms. The summed E-state index contributed by atoms with van der Waals surface area (Å²) in [6.45, 7) is 0.306. The van der Waals surface area contributed by atoms with E-state index in [1.54, 1.807) is 18.2 Å². The Kier molecular flexibility index (Phi) is 7.02. The van der Waals surface area contributed by atoms with Gasteiger partial charge in [-0.15, -0.1) is 0 Å². The smallest absolute Gasteiger partial charge is 0.369 e. The van der Waals surface area contributed by atoms with Gasteiger partial charge in [-0.2, -0.15) is 13.2 Å². The van der Waals surface area contributed by atoms with Crippen LogP contribution in [0.25, 0.3) is 10.4 Å². The fourth-order valence-electron chi connectivity index (χ4n) is 1.78. The molecule has 0 aliphatic carbocycles. The van der Waals surface area contributed by atoms with Gasteiger partial charge in [0.2, 0.25) is 0 Å². The second-order valence-corrected chi connectivity index (χ2v) is 4.55. The standard InChI is InChI=1S/C13H14F3N5O3/c14-13(15,16)11(22)24-12(23)19-4-3-8-1-2-9(6-17)10(5-8)7-20-21-18/h1-2,5H,3-4,6-7,17H2,(H,19,23). The molecule has 1 aromatic rings. The Balaban J connectivity index is 2.57. The van der Waals surface area contributed by atoms with E-state index in [1.165, 1.54) is 0 Å². The summed E-state index contributed by atoms with van der Waals surface area (Å²) in [4.78, 5) is 24.2. The van der Waals surface area contributed by atoms with Gasteiger partial charge in [-0.3, -0.25) is 0 Å². The predicted molar refractivity (Wildman–Crippen MR) is 76.4 cm³/mol. The summed E-state index contributed by atoms with van der Waals surface area (Å²) >= 11 is 0. The Bertz CT molecular complexity index is 657. The molecule has 0 spiro atoms. The largest absolute Gasteiger partial charge is 0.491 e. The highest BCUT2D eigenvalue weighted by Crippen LogP contribution is 2.16. The van der Waals surface area contributed by atoms with E-state index < -0.39 is 18.2 Å². The quantitative estimate of drug-likeness (QED) is 0.269. The van der Waals surface area contributed by atoms with E-state index in [-0.39, 0.29) is 26.1 Å². The molecule has 0 bridgehead atoms. The first kappa shape index (κ1) is 19.3. The molecular weight excluding hydrogens is 331 g/mol. The van der Waals surface area contributed by atoms with Gasteiger partial charge in [0.25, 0.3) is 0 Å². The van der Waals surface area contributed by atoms with Crippen LogP contribution >= 0.6 is 0 Å². The summed E-state index contributed by atoms with van der Waals surface area (Å²) in [6.07, 6.45) is -6.44. The van der Waals surface area contributed by atoms with E-state index in [0.717, 1.165) is 11.1 Å². The monoisotopic (exact) mass is 345 g/mol. The topological polar surface area (TPSA) is 130 Å². The van der Waals surface area contributed by atoms with Crippen molar-refractivity contribution in [2.75, 3.05) is 6.54 Å². The number of nitrogens with one attached hydrogen (secondary N) is 1. The number of benzene rings is 1. The summed E-state index contributed by atoms with van der Waals surface area (Å²) in [5, 5.41) is 5.48. The van der Waals surface area contributed by atoms with Crippen LogP contribution in [0.4, 0.5) is 18.0 Å². The third-order valence-electron chi connectivity index (χ3n) is 2.89. The maximum absolute atomic E-state index is 11.9. The highest BCUT2D eigenvalue weighted by Gasteiger charge is 2.42. The lowest BCUT2D eigenvalue weighted by Gasteiger charge is -2.10. The average Bonchev–Trinajstić information content (AvgIpc) is 2.52. The number of ether oxygens (including phenoxy) is 1. The van der Waals surface area contributed by atoms with Gasteiger partial charge in [0, 0.05) is 18.0 Å². The summed E-state index contributed by atoms with van der Waals surface area (Å²) in [5.74, 6) is -2.58. The molecule has 0 aliphatic rings. The van der Waals surface area contributed by atoms with Crippen molar-refractivity contribution in [1.29, 1.82) is 0 Å². The van der Waals surface area contributed by atoms with Gasteiger partial charge in [-0.1, -0.05) is 23.3 Å². The molecule has 0 saturated carbocycles. The number of azide groups is 1. The zero-order chi connectivity index (χ0) is 18.2. The molecule has 0 saturated heterocycles. The first-order valence-corrected chi connectivity index (χ1v) is 6.66. The van der Waals surface area contributed by atoms with Crippen molar-refractivity contribution in [2.45, 2.75) is 25.7 Å². The zero-order valence-corrected chi connectivity index (χ0v) is 12.3. The van der Waals surface area contributed by atoms with Crippen LogP contribution in [-0.4, -0.2) is 24.8 Å². The van der Waals surface area contributed by atoms with Crippen LogP contribution in [0.1, 0.15) is 16.7 Å². The molecule has 8 nitrogen and oxygen atoms in total. The van der Waals surface area contributed by atoms with Gasteiger partial charge in [0.15, 0.2) is 0 Å². The number of nitrogens with two attached hydrogens (primary N) is 1. The average molecular weight is 345 g/mol. The molecule has 0 unspecified atom stereocenters. The van der Waals surface area contributed by atoms with Crippen molar-refractivity contribution in [3.05, 3.63) is 45.3 Å². The second-order valence-electron chi connectivity index (χ2n) is 4.55. The Labute approximate surface area is 134 Å². The third-order valence-corrected chi connectivity index (χ3v) is 2.89. The number of carbonyl (C=O) groups excluding carboxylic acids is 2. The normalized spacial score (nSPS) is 10.7. The van der Waals surface area contributed by atoms with Crippen molar-refractivity contribution in [2.24, 2.45) is 10.8 Å². The van der Waals surface area contributed by atoms with Crippen molar-refractivity contribution >= 4 is 12.1 Å². The molecule has 11 heteroatoms. The number of rotatable bonds is 6. The lowest BCUT2D eigenvalue weighted by Crippen LogP contribution is -2.34. The van der Waals surface area contributed by atoms with Crippen LogP contribution in [-0.2, 0) is 29.0 Å². The number of alkyl halides is 3. The minimum atomic E-state index is -5.23. The highest BCUT2D eigenvalue weighted by atomic mass is 19.4. The molecule has 0 aromatic heterocycles. The van der Waals surface area contributed by atoms with Crippen molar-refractivity contribution in [3.63, 3.8) is 0 Å². The summed E-state index contributed by atoms with van der Waals surface area (Å²) in [7, 11) is 0. The number of esters is 1. The fourth-order valence-corrected chi connectivity index (χ4v) is 1.78. The van der Waals surface area contributed by atoms with Gasteiger partial charge in [0.1, 0.15) is 0 Å². The van der Waals surface area contributed by atoms with E-state index in [9.17, 15) is 22.8 Å². The summed E-state index contributed by atoms with van der Waals surface area (Å²) < 4.78 is 39.3. The first-order valence-electron chi connectivity index (χ1n) is 6.66. The van der Waals surface area contributed by atoms with Gasteiger partial charge in [-0.05, 0) is 28.6 Å². The third kappa shape index (κ3) is 6.15. The van der Waals surface area contributed by atoms with Crippen LogP contribution in [0.2, 0.25) is 0 Å². The minimum Gasteiger partial charge on any atom is -0.369 e. The van der Waals surface area contributed by atoms with Crippen molar-refractivity contribution in [3.8, 4) is 0 Å². The van der Waals surface area contributed by atoms with E-state index in [1.807, 2.05) is 5.32 Å². The lowest BCUT2D eigenvalue weighted by molar-refractivity contribution is -0.192. The Morgan fingerprint density at radius 1 is 1.33 bits per heavy atom. The van der Waals surface area contributed by atoms with Gasteiger partial charge in [0.05, 0.1) is 6.54 Å². The number of nitrogens with zero attached hydrogens (tertiary/aromatic N) is 3. The summed E-state index contributed by atoms with van der Waals surface area (Å²) in [6, 6.07) is 5.16. The van der Waals surface area contributed by atoms with Gasteiger partial charge < -0.3 is 15.8 Å². The molecule has 1 rings (SSSR count). The minimum absolute atomic E-state index is 0.0487. The number of halogens is 3.